The molecule has 0 saturated heterocycles. The van der Waals surface area contributed by atoms with Crippen molar-refractivity contribution in [3.05, 3.63) is 66.4 Å². The number of para-hydroxylation sites is 1. The van der Waals surface area contributed by atoms with E-state index in [1.54, 1.807) is 28.9 Å². The molecule has 2 aromatic carbocycles. The monoisotopic (exact) mass is 279 g/mol. The standard InChI is InChI=1S/C16H13N3O2/c17-12-8-6-11(7-9-12)15-14(16(20)21)10-19(18-15)13-4-2-1-3-5-13/h1-10H,17H2,(H,20,21). The predicted molar refractivity (Wildman–Crippen MR) is 80.4 cm³/mol. The first-order valence-electron chi connectivity index (χ1n) is 6.39. The number of rotatable bonds is 3. The largest absolute Gasteiger partial charge is 0.478 e. The third-order valence-electron chi connectivity index (χ3n) is 3.15. The number of carbonyl (C=O) groups is 1. The Hall–Kier alpha value is -3.08. The number of benzene rings is 2. The van der Waals surface area contributed by atoms with E-state index < -0.39 is 5.97 Å². The minimum absolute atomic E-state index is 0.156. The van der Waals surface area contributed by atoms with Gasteiger partial charge in [0.15, 0.2) is 0 Å². The maximum atomic E-state index is 11.4. The van der Waals surface area contributed by atoms with Crippen LogP contribution >= 0.6 is 0 Å². The molecule has 5 heteroatoms. The second-order valence-electron chi connectivity index (χ2n) is 4.60. The SMILES string of the molecule is Nc1ccc(-c2nn(-c3ccccc3)cc2C(=O)O)cc1. The van der Waals surface area contributed by atoms with Crippen molar-refractivity contribution >= 4 is 11.7 Å². The number of nitrogen functional groups attached to an aromatic ring is 1. The zero-order valence-corrected chi connectivity index (χ0v) is 11.1. The van der Waals surface area contributed by atoms with E-state index in [9.17, 15) is 9.90 Å². The molecular formula is C16H13N3O2. The van der Waals surface area contributed by atoms with Crippen molar-refractivity contribution in [2.24, 2.45) is 0 Å². The van der Waals surface area contributed by atoms with Crippen LogP contribution in [0.2, 0.25) is 0 Å². The smallest absolute Gasteiger partial charge is 0.339 e. The fourth-order valence-electron chi connectivity index (χ4n) is 2.10. The van der Waals surface area contributed by atoms with Gasteiger partial charge in [-0.1, -0.05) is 30.3 Å². The van der Waals surface area contributed by atoms with Gasteiger partial charge in [0, 0.05) is 17.4 Å². The lowest BCUT2D eigenvalue weighted by molar-refractivity contribution is 0.0697. The highest BCUT2D eigenvalue weighted by atomic mass is 16.4. The summed E-state index contributed by atoms with van der Waals surface area (Å²) in [6, 6.07) is 16.4. The summed E-state index contributed by atoms with van der Waals surface area (Å²) in [5.74, 6) is -1.01. The normalized spacial score (nSPS) is 10.5. The van der Waals surface area contributed by atoms with Crippen molar-refractivity contribution in [2.75, 3.05) is 5.73 Å². The van der Waals surface area contributed by atoms with Crippen LogP contribution in [-0.2, 0) is 0 Å². The molecular weight excluding hydrogens is 266 g/mol. The fraction of sp³-hybridized carbons (Fsp3) is 0. The molecule has 0 aliphatic heterocycles. The topological polar surface area (TPSA) is 81.1 Å². The molecule has 3 N–H and O–H groups in total. The number of hydrogen-bond acceptors (Lipinski definition) is 3. The lowest BCUT2D eigenvalue weighted by Gasteiger charge is -2.01. The Morgan fingerprint density at radius 1 is 1.05 bits per heavy atom. The molecule has 0 atom stereocenters. The first-order valence-corrected chi connectivity index (χ1v) is 6.39. The summed E-state index contributed by atoms with van der Waals surface area (Å²) in [6.07, 6.45) is 1.52. The van der Waals surface area contributed by atoms with Crippen molar-refractivity contribution in [3.63, 3.8) is 0 Å². The Labute approximate surface area is 121 Å². The van der Waals surface area contributed by atoms with Crippen LogP contribution in [0.4, 0.5) is 5.69 Å². The van der Waals surface area contributed by atoms with Crippen LogP contribution in [0.15, 0.2) is 60.8 Å². The van der Waals surface area contributed by atoms with Gasteiger partial charge in [-0.3, -0.25) is 0 Å². The van der Waals surface area contributed by atoms with Crippen molar-refractivity contribution in [3.8, 4) is 16.9 Å². The van der Waals surface area contributed by atoms with Crippen molar-refractivity contribution < 1.29 is 9.90 Å². The van der Waals surface area contributed by atoms with Gasteiger partial charge < -0.3 is 10.8 Å². The second kappa shape index (κ2) is 5.13. The van der Waals surface area contributed by atoms with Gasteiger partial charge in [0.05, 0.1) is 5.69 Å². The molecule has 0 aliphatic rings. The average molecular weight is 279 g/mol. The Kier molecular flexibility index (Phi) is 3.16. The molecule has 0 unspecified atom stereocenters. The number of carboxylic acids is 1. The lowest BCUT2D eigenvalue weighted by atomic mass is 10.1. The molecule has 0 fully saturated rings. The quantitative estimate of drug-likeness (QED) is 0.722. The van der Waals surface area contributed by atoms with E-state index in [-0.39, 0.29) is 5.56 Å². The van der Waals surface area contributed by atoms with Crippen LogP contribution in [0.25, 0.3) is 16.9 Å². The summed E-state index contributed by atoms with van der Waals surface area (Å²) in [7, 11) is 0. The van der Waals surface area contributed by atoms with Crippen molar-refractivity contribution in [2.45, 2.75) is 0 Å². The van der Waals surface area contributed by atoms with E-state index >= 15 is 0 Å². The lowest BCUT2D eigenvalue weighted by Crippen LogP contribution is -1.96. The average Bonchev–Trinajstić information content (AvgIpc) is 2.94. The molecule has 21 heavy (non-hydrogen) atoms. The molecule has 0 amide bonds. The van der Waals surface area contributed by atoms with Gasteiger partial charge in [-0.2, -0.15) is 5.10 Å². The number of nitrogens with zero attached hydrogens (tertiary/aromatic N) is 2. The fourth-order valence-corrected chi connectivity index (χ4v) is 2.10. The molecule has 1 aromatic heterocycles. The molecule has 0 spiro atoms. The van der Waals surface area contributed by atoms with Crippen LogP contribution in [0, 0.1) is 0 Å². The summed E-state index contributed by atoms with van der Waals surface area (Å²) in [5.41, 5.74) is 8.38. The zero-order valence-electron chi connectivity index (χ0n) is 11.1. The molecule has 5 nitrogen and oxygen atoms in total. The minimum Gasteiger partial charge on any atom is -0.478 e. The maximum Gasteiger partial charge on any atom is 0.339 e. The molecule has 1 heterocycles. The summed E-state index contributed by atoms with van der Waals surface area (Å²) in [5, 5.41) is 13.8. The number of aromatic nitrogens is 2. The van der Waals surface area contributed by atoms with Gasteiger partial charge >= 0.3 is 5.97 Å². The minimum atomic E-state index is -1.01. The van der Waals surface area contributed by atoms with E-state index in [0.29, 0.717) is 11.4 Å². The Morgan fingerprint density at radius 3 is 2.33 bits per heavy atom. The van der Waals surface area contributed by atoms with E-state index in [1.165, 1.54) is 6.20 Å². The van der Waals surface area contributed by atoms with Crippen LogP contribution in [0.1, 0.15) is 10.4 Å². The second-order valence-corrected chi connectivity index (χ2v) is 4.60. The van der Waals surface area contributed by atoms with Crippen LogP contribution in [0.3, 0.4) is 0 Å². The van der Waals surface area contributed by atoms with E-state index in [4.69, 9.17) is 5.73 Å². The van der Waals surface area contributed by atoms with E-state index in [1.807, 2.05) is 30.3 Å². The molecule has 3 aromatic rings. The van der Waals surface area contributed by atoms with Crippen molar-refractivity contribution in [1.82, 2.24) is 9.78 Å². The van der Waals surface area contributed by atoms with Crippen molar-refractivity contribution in [1.29, 1.82) is 0 Å². The van der Waals surface area contributed by atoms with Crippen LogP contribution < -0.4 is 5.73 Å². The van der Waals surface area contributed by atoms with Gasteiger partial charge in [0.25, 0.3) is 0 Å². The maximum absolute atomic E-state index is 11.4. The summed E-state index contributed by atoms with van der Waals surface area (Å²) in [6.45, 7) is 0. The summed E-state index contributed by atoms with van der Waals surface area (Å²) < 4.78 is 1.56. The van der Waals surface area contributed by atoms with Crippen LogP contribution in [0.5, 0.6) is 0 Å². The number of hydrogen-bond donors (Lipinski definition) is 2. The Morgan fingerprint density at radius 2 is 1.71 bits per heavy atom. The molecule has 3 rings (SSSR count). The third-order valence-corrected chi connectivity index (χ3v) is 3.15. The molecule has 104 valence electrons. The van der Waals surface area contributed by atoms with E-state index in [2.05, 4.69) is 5.10 Å². The van der Waals surface area contributed by atoms with E-state index in [0.717, 1.165) is 11.3 Å². The number of anilines is 1. The highest BCUT2D eigenvalue weighted by Gasteiger charge is 2.17. The van der Waals surface area contributed by atoms with Gasteiger partial charge in [-0.15, -0.1) is 0 Å². The molecule has 0 aliphatic carbocycles. The highest BCUT2D eigenvalue weighted by molar-refractivity contribution is 5.94. The summed E-state index contributed by atoms with van der Waals surface area (Å²) >= 11 is 0. The molecule has 0 bridgehead atoms. The van der Waals surface area contributed by atoms with Gasteiger partial charge in [0.2, 0.25) is 0 Å². The number of carboxylic acid groups (broad SMARTS) is 1. The van der Waals surface area contributed by atoms with Crippen LogP contribution in [-0.4, -0.2) is 20.9 Å². The number of nitrogens with two attached hydrogens (primary N) is 1. The predicted octanol–water partition coefficient (Wildman–Crippen LogP) is 2.82. The zero-order chi connectivity index (χ0) is 14.8. The van der Waals surface area contributed by atoms with Gasteiger partial charge in [-0.05, 0) is 24.3 Å². The molecule has 0 saturated carbocycles. The summed E-state index contributed by atoms with van der Waals surface area (Å²) in [4.78, 5) is 11.4. The highest BCUT2D eigenvalue weighted by Crippen LogP contribution is 2.24. The third kappa shape index (κ3) is 2.49. The first-order chi connectivity index (χ1) is 10.1. The number of aromatic carboxylic acids is 1. The van der Waals surface area contributed by atoms with Gasteiger partial charge in [0.1, 0.15) is 11.3 Å². The Balaban J connectivity index is 2.14. The molecule has 0 radical (unpaired) electrons. The Bertz CT molecular complexity index is 777. The first kappa shape index (κ1) is 12.9. The van der Waals surface area contributed by atoms with Gasteiger partial charge in [-0.25, -0.2) is 9.48 Å².